The molecule has 78 valence electrons. The van der Waals surface area contributed by atoms with Crippen molar-refractivity contribution in [2.75, 3.05) is 0 Å². The van der Waals surface area contributed by atoms with Gasteiger partial charge in [0.25, 0.3) is 0 Å². The first-order valence-electron chi connectivity index (χ1n) is 5.57. The lowest BCUT2D eigenvalue weighted by Gasteiger charge is -2.19. The number of hydrogen-bond acceptors (Lipinski definition) is 1. The number of nitrogens with zero attached hydrogens (tertiary/aromatic N) is 2. The molecule has 1 atom stereocenters. The third-order valence-corrected chi connectivity index (χ3v) is 3.48. The Kier molecular flexibility index (Phi) is 1.57. The molecule has 2 aromatic rings. The highest BCUT2D eigenvalue weighted by atomic mass is 15.0. The molecule has 0 N–H and O–H groups in total. The highest BCUT2D eigenvalue weighted by Gasteiger charge is 2.38. The zero-order valence-electron chi connectivity index (χ0n) is 9.49. The van der Waals surface area contributed by atoms with Crippen molar-refractivity contribution in [2.24, 2.45) is 0 Å². The first kappa shape index (κ1) is 8.96. The fourth-order valence-electron chi connectivity index (χ4n) is 2.99. The molecule has 1 aliphatic carbocycles. The van der Waals surface area contributed by atoms with Crippen LogP contribution in [-0.4, -0.2) is 9.38 Å². The standard InChI is InChI=1S/C13H16N2/c1-9-8-13(2,3)12-11(9)14-10-6-4-5-7-15(10)12/h4-7,9H,8H2,1-3H3. The Morgan fingerprint density at radius 1 is 1.40 bits per heavy atom. The minimum absolute atomic E-state index is 0.259. The van der Waals surface area contributed by atoms with E-state index in [1.807, 2.05) is 0 Å². The Hall–Kier alpha value is -1.31. The number of rotatable bonds is 0. The SMILES string of the molecule is CC1CC(C)(C)c2c1nc1ccccn21. The number of aromatic nitrogens is 2. The summed E-state index contributed by atoms with van der Waals surface area (Å²) in [6, 6.07) is 6.21. The predicted octanol–water partition coefficient (Wildman–Crippen LogP) is 3.12. The predicted molar refractivity (Wildman–Crippen MR) is 61.3 cm³/mol. The monoisotopic (exact) mass is 200 g/mol. The molecule has 2 nitrogen and oxygen atoms in total. The maximum absolute atomic E-state index is 4.73. The molecule has 3 rings (SSSR count). The summed E-state index contributed by atoms with van der Waals surface area (Å²) in [5, 5.41) is 0. The lowest BCUT2D eigenvalue weighted by atomic mass is 9.89. The third kappa shape index (κ3) is 1.08. The van der Waals surface area contributed by atoms with Crippen LogP contribution in [0.4, 0.5) is 0 Å². The maximum atomic E-state index is 4.73. The van der Waals surface area contributed by atoms with E-state index in [-0.39, 0.29) is 5.41 Å². The van der Waals surface area contributed by atoms with Crippen molar-refractivity contribution >= 4 is 5.65 Å². The van der Waals surface area contributed by atoms with Gasteiger partial charge in [0.15, 0.2) is 0 Å². The van der Waals surface area contributed by atoms with Gasteiger partial charge in [-0.2, -0.15) is 0 Å². The second-order valence-electron chi connectivity index (χ2n) is 5.26. The minimum Gasteiger partial charge on any atom is -0.303 e. The molecular weight excluding hydrogens is 184 g/mol. The van der Waals surface area contributed by atoms with Crippen molar-refractivity contribution in [3.8, 4) is 0 Å². The summed E-state index contributed by atoms with van der Waals surface area (Å²) in [7, 11) is 0. The minimum atomic E-state index is 0.259. The Bertz CT molecular complexity index is 522. The van der Waals surface area contributed by atoms with Crippen molar-refractivity contribution in [2.45, 2.75) is 38.5 Å². The molecule has 2 heteroatoms. The van der Waals surface area contributed by atoms with Crippen molar-refractivity contribution < 1.29 is 0 Å². The van der Waals surface area contributed by atoms with Crippen molar-refractivity contribution in [3.63, 3.8) is 0 Å². The lowest BCUT2D eigenvalue weighted by molar-refractivity contribution is 0.473. The Labute approximate surface area is 90.0 Å². The third-order valence-electron chi connectivity index (χ3n) is 3.48. The lowest BCUT2D eigenvalue weighted by Crippen LogP contribution is -2.15. The van der Waals surface area contributed by atoms with E-state index in [0.717, 1.165) is 5.65 Å². The van der Waals surface area contributed by atoms with E-state index in [9.17, 15) is 0 Å². The molecule has 0 saturated carbocycles. The number of pyridine rings is 1. The zero-order valence-corrected chi connectivity index (χ0v) is 9.49. The Morgan fingerprint density at radius 2 is 2.20 bits per heavy atom. The molecule has 0 saturated heterocycles. The normalized spacial score (nSPS) is 23.3. The van der Waals surface area contributed by atoms with E-state index in [0.29, 0.717) is 5.92 Å². The van der Waals surface area contributed by atoms with Gasteiger partial charge in [-0.1, -0.05) is 26.8 Å². The summed E-state index contributed by atoms with van der Waals surface area (Å²) in [6.45, 7) is 6.91. The molecule has 1 unspecified atom stereocenters. The molecule has 0 fully saturated rings. The molecule has 15 heavy (non-hydrogen) atoms. The second kappa shape index (κ2) is 2.63. The topological polar surface area (TPSA) is 17.3 Å². The van der Waals surface area contributed by atoms with Crippen LogP contribution in [0, 0.1) is 0 Å². The summed E-state index contributed by atoms with van der Waals surface area (Å²) < 4.78 is 2.25. The summed E-state index contributed by atoms with van der Waals surface area (Å²) in [5.74, 6) is 0.592. The first-order chi connectivity index (χ1) is 7.09. The van der Waals surface area contributed by atoms with Gasteiger partial charge in [-0.3, -0.25) is 0 Å². The van der Waals surface area contributed by atoms with Crippen LogP contribution in [0.2, 0.25) is 0 Å². The molecule has 0 aliphatic heterocycles. The van der Waals surface area contributed by atoms with Gasteiger partial charge in [-0.15, -0.1) is 0 Å². The number of fused-ring (bicyclic) bond motifs is 3. The van der Waals surface area contributed by atoms with Crippen LogP contribution in [0.3, 0.4) is 0 Å². The maximum Gasteiger partial charge on any atom is 0.137 e. The van der Waals surface area contributed by atoms with Gasteiger partial charge < -0.3 is 4.40 Å². The van der Waals surface area contributed by atoms with Crippen molar-refractivity contribution in [1.82, 2.24) is 9.38 Å². The van der Waals surface area contributed by atoms with Gasteiger partial charge in [0.05, 0.1) is 11.4 Å². The molecule has 0 radical (unpaired) electrons. The van der Waals surface area contributed by atoms with Gasteiger partial charge in [0.1, 0.15) is 5.65 Å². The van der Waals surface area contributed by atoms with Crippen LogP contribution in [0.5, 0.6) is 0 Å². The van der Waals surface area contributed by atoms with Crippen LogP contribution in [0.1, 0.15) is 44.5 Å². The summed E-state index contributed by atoms with van der Waals surface area (Å²) >= 11 is 0. The van der Waals surface area contributed by atoms with Crippen LogP contribution in [0.25, 0.3) is 5.65 Å². The van der Waals surface area contributed by atoms with E-state index in [4.69, 9.17) is 4.98 Å². The number of imidazole rings is 1. The van der Waals surface area contributed by atoms with Gasteiger partial charge in [-0.05, 0) is 18.6 Å². The van der Waals surface area contributed by atoms with E-state index in [2.05, 4.69) is 49.6 Å². The summed E-state index contributed by atoms with van der Waals surface area (Å²) in [6.07, 6.45) is 3.34. The highest BCUT2D eigenvalue weighted by molar-refractivity contribution is 5.48. The van der Waals surface area contributed by atoms with Gasteiger partial charge in [0.2, 0.25) is 0 Å². The van der Waals surface area contributed by atoms with Gasteiger partial charge in [0, 0.05) is 17.5 Å². The number of hydrogen-bond donors (Lipinski definition) is 0. The molecule has 0 aromatic carbocycles. The van der Waals surface area contributed by atoms with E-state index in [1.165, 1.54) is 17.8 Å². The molecule has 2 heterocycles. The fraction of sp³-hybridized carbons (Fsp3) is 0.462. The highest BCUT2D eigenvalue weighted by Crippen LogP contribution is 2.45. The van der Waals surface area contributed by atoms with Crippen LogP contribution < -0.4 is 0 Å². The Balaban J connectivity index is 2.40. The van der Waals surface area contributed by atoms with E-state index < -0.39 is 0 Å². The first-order valence-corrected chi connectivity index (χ1v) is 5.57. The van der Waals surface area contributed by atoms with E-state index in [1.54, 1.807) is 0 Å². The summed E-state index contributed by atoms with van der Waals surface area (Å²) in [4.78, 5) is 4.73. The molecule has 2 aromatic heterocycles. The largest absolute Gasteiger partial charge is 0.303 e. The zero-order chi connectivity index (χ0) is 10.6. The molecule has 0 bridgehead atoms. The molecule has 0 amide bonds. The van der Waals surface area contributed by atoms with Gasteiger partial charge in [-0.25, -0.2) is 4.98 Å². The molecule has 0 spiro atoms. The van der Waals surface area contributed by atoms with Crippen LogP contribution in [-0.2, 0) is 5.41 Å². The van der Waals surface area contributed by atoms with Crippen molar-refractivity contribution in [1.29, 1.82) is 0 Å². The molecule has 1 aliphatic rings. The average molecular weight is 200 g/mol. The average Bonchev–Trinajstić information content (AvgIpc) is 2.64. The quantitative estimate of drug-likeness (QED) is 0.638. The smallest absolute Gasteiger partial charge is 0.137 e. The fourth-order valence-corrected chi connectivity index (χ4v) is 2.99. The summed E-state index contributed by atoms with van der Waals surface area (Å²) in [5.41, 5.74) is 4.05. The molecular formula is C13H16N2. The van der Waals surface area contributed by atoms with Gasteiger partial charge >= 0.3 is 0 Å². The Morgan fingerprint density at radius 3 is 3.00 bits per heavy atom. The van der Waals surface area contributed by atoms with Crippen LogP contribution >= 0.6 is 0 Å². The van der Waals surface area contributed by atoms with Crippen molar-refractivity contribution in [3.05, 3.63) is 35.8 Å². The van der Waals surface area contributed by atoms with E-state index >= 15 is 0 Å². The van der Waals surface area contributed by atoms with Crippen LogP contribution in [0.15, 0.2) is 24.4 Å². The second-order valence-corrected chi connectivity index (χ2v) is 5.26.